The van der Waals surface area contributed by atoms with Crippen molar-refractivity contribution in [2.75, 3.05) is 20.2 Å². The fraction of sp³-hybridized carbons (Fsp3) is 0.684. The summed E-state index contributed by atoms with van der Waals surface area (Å²) in [6, 6.07) is 5.87. The molecule has 1 saturated heterocycles. The SMILES string of the molecule is COc1cc(CNC2CCN([C@@H]3CCCC[C@@H]3O)CC2)ccc1F. The van der Waals surface area contributed by atoms with E-state index in [1.807, 2.05) is 0 Å². The number of hydrogen-bond donors (Lipinski definition) is 2. The molecule has 2 N–H and O–H groups in total. The van der Waals surface area contributed by atoms with Crippen LogP contribution >= 0.6 is 0 Å². The highest BCUT2D eigenvalue weighted by atomic mass is 19.1. The lowest BCUT2D eigenvalue weighted by molar-refractivity contribution is 0.00714. The first-order chi connectivity index (χ1) is 11.7. The van der Waals surface area contributed by atoms with E-state index in [4.69, 9.17) is 4.74 Å². The Hall–Kier alpha value is -1.17. The summed E-state index contributed by atoms with van der Waals surface area (Å²) in [5.41, 5.74) is 1.04. The molecule has 0 radical (unpaired) electrons. The van der Waals surface area contributed by atoms with Crippen molar-refractivity contribution >= 4 is 0 Å². The zero-order chi connectivity index (χ0) is 16.9. The topological polar surface area (TPSA) is 44.7 Å². The first kappa shape index (κ1) is 17.6. The molecule has 2 fully saturated rings. The minimum Gasteiger partial charge on any atom is -0.494 e. The predicted molar refractivity (Wildman–Crippen MR) is 92.6 cm³/mol. The molecule has 1 aliphatic carbocycles. The number of methoxy groups -OCH3 is 1. The summed E-state index contributed by atoms with van der Waals surface area (Å²) in [5, 5.41) is 13.8. The van der Waals surface area contributed by atoms with E-state index >= 15 is 0 Å². The van der Waals surface area contributed by atoms with Gasteiger partial charge in [0.15, 0.2) is 11.6 Å². The van der Waals surface area contributed by atoms with Crippen LogP contribution in [0.4, 0.5) is 4.39 Å². The molecule has 0 bridgehead atoms. The maximum absolute atomic E-state index is 13.4. The molecule has 1 aliphatic heterocycles. The van der Waals surface area contributed by atoms with Crippen molar-refractivity contribution in [3.05, 3.63) is 29.6 Å². The predicted octanol–water partition coefficient (Wildman–Crippen LogP) is 2.69. The van der Waals surface area contributed by atoms with Crippen LogP contribution in [0.3, 0.4) is 0 Å². The van der Waals surface area contributed by atoms with E-state index in [0.29, 0.717) is 17.8 Å². The van der Waals surface area contributed by atoms with Crippen LogP contribution in [0.25, 0.3) is 0 Å². The number of aliphatic hydroxyl groups is 1. The number of benzene rings is 1. The Morgan fingerprint density at radius 3 is 2.67 bits per heavy atom. The van der Waals surface area contributed by atoms with Crippen LogP contribution in [0.15, 0.2) is 18.2 Å². The van der Waals surface area contributed by atoms with E-state index < -0.39 is 0 Å². The van der Waals surface area contributed by atoms with Gasteiger partial charge in [-0.25, -0.2) is 4.39 Å². The lowest BCUT2D eigenvalue weighted by Gasteiger charge is -2.41. The van der Waals surface area contributed by atoms with Gasteiger partial charge >= 0.3 is 0 Å². The highest BCUT2D eigenvalue weighted by molar-refractivity contribution is 5.30. The molecular weight excluding hydrogens is 307 g/mol. The Morgan fingerprint density at radius 1 is 1.21 bits per heavy atom. The van der Waals surface area contributed by atoms with Crippen molar-refractivity contribution in [1.29, 1.82) is 0 Å². The monoisotopic (exact) mass is 336 g/mol. The van der Waals surface area contributed by atoms with E-state index in [2.05, 4.69) is 10.2 Å². The van der Waals surface area contributed by atoms with Gasteiger partial charge in [-0.1, -0.05) is 18.9 Å². The van der Waals surface area contributed by atoms with E-state index in [0.717, 1.165) is 57.3 Å². The number of nitrogens with zero attached hydrogens (tertiary/aromatic N) is 1. The van der Waals surface area contributed by atoms with Crippen molar-refractivity contribution < 1.29 is 14.2 Å². The molecule has 4 nitrogen and oxygen atoms in total. The molecule has 1 saturated carbocycles. The first-order valence-electron chi connectivity index (χ1n) is 9.15. The van der Waals surface area contributed by atoms with E-state index in [9.17, 15) is 9.50 Å². The number of piperidine rings is 1. The molecule has 24 heavy (non-hydrogen) atoms. The second-order valence-corrected chi connectivity index (χ2v) is 7.08. The summed E-state index contributed by atoms with van der Waals surface area (Å²) >= 11 is 0. The third-order valence-corrected chi connectivity index (χ3v) is 5.50. The average Bonchev–Trinajstić information content (AvgIpc) is 2.62. The van der Waals surface area contributed by atoms with E-state index in [1.54, 1.807) is 12.1 Å². The van der Waals surface area contributed by atoms with Crippen LogP contribution in [0.5, 0.6) is 5.75 Å². The number of hydrogen-bond acceptors (Lipinski definition) is 4. The smallest absolute Gasteiger partial charge is 0.165 e. The Morgan fingerprint density at radius 2 is 1.96 bits per heavy atom. The molecule has 1 aromatic carbocycles. The summed E-state index contributed by atoms with van der Waals surface area (Å²) in [7, 11) is 1.49. The number of ether oxygens (including phenoxy) is 1. The quantitative estimate of drug-likeness (QED) is 0.868. The number of aliphatic hydroxyl groups excluding tert-OH is 1. The molecule has 134 valence electrons. The summed E-state index contributed by atoms with van der Waals surface area (Å²) in [4.78, 5) is 2.48. The van der Waals surface area contributed by atoms with Gasteiger partial charge in [-0.05, 0) is 43.4 Å². The van der Waals surface area contributed by atoms with Gasteiger partial charge in [0.25, 0.3) is 0 Å². The lowest BCUT2D eigenvalue weighted by Crippen LogP contribution is -2.51. The Bertz CT molecular complexity index is 532. The highest BCUT2D eigenvalue weighted by Gasteiger charge is 2.31. The molecule has 0 unspecified atom stereocenters. The number of likely N-dealkylation sites (tertiary alicyclic amines) is 1. The van der Waals surface area contributed by atoms with Gasteiger partial charge < -0.3 is 15.2 Å². The van der Waals surface area contributed by atoms with Crippen LogP contribution in [0.1, 0.15) is 44.1 Å². The van der Waals surface area contributed by atoms with Crippen molar-refractivity contribution in [2.24, 2.45) is 0 Å². The lowest BCUT2D eigenvalue weighted by atomic mass is 9.89. The van der Waals surface area contributed by atoms with Gasteiger partial charge in [0.1, 0.15) is 0 Å². The van der Waals surface area contributed by atoms with E-state index in [-0.39, 0.29) is 11.9 Å². The van der Waals surface area contributed by atoms with Gasteiger partial charge in [0.2, 0.25) is 0 Å². The zero-order valence-corrected chi connectivity index (χ0v) is 14.5. The molecule has 1 heterocycles. The maximum atomic E-state index is 13.4. The maximum Gasteiger partial charge on any atom is 0.165 e. The second kappa shape index (κ2) is 8.28. The largest absolute Gasteiger partial charge is 0.494 e. The summed E-state index contributed by atoms with van der Waals surface area (Å²) in [6.45, 7) is 2.83. The van der Waals surface area contributed by atoms with Crippen LogP contribution < -0.4 is 10.1 Å². The fourth-order valence-electron chi connectivity index (χ4n) is 4.03. The highest BCUT2D eigenvalue weighted by Crippen LogP contribution is 2.26. The third-order valence-electron chi connectivity index (χ3n) is 5.50. The molecule has 3 rings (SSSR count). The van der Waals surface area contributed by atoms with Gasteiger partial charge in [0.05, 0.1) is 13.2 Å². The Balaban J connectivity index is 1.45. The Kier molecular flexibility index (Phi) is 6.09. The first-order valence-corrected chi connectivity index (χ1v) is 9.15. The molecular formula is C19H29FN2O2. The van der Waals surface area contributed by atoms with Crippen LogP contribution in [0.2, 0.25) is 0 Å². The summed E-state index contributed by atoms with van der Waals surface area (Å²) in [6.07, 6.45) is 6.55. The van der Waals surface area contributed by atoms with Crippen LogP contribution in [-0.4, -0.2) is 48.4 Å². The fourth-order valence-corrected chi connectivity index (χ4v) is 4.03. The molecule has 1 aromatic rings. The van der Waals surface area contributed by atoms with Gasteiger partial charge in [0, 0.05) is 31.7 Å². The molecule has 0 amide bonds. The van der Waals surface area contributed by atoms with Gasteiger partial charge in [-0.15, -0.1) is 0 Å². The zero-order valence-electron chi connectivity index (χ0n) is 14.5. The van der Waals surface area contributed by atoms with Crippen LogP contribution in [-0.2, 0) is 6.54 Å². The van der Waals surface area contributed by atoms with Crippen molar-refractivity contribution in [3.63, 3.8) is 0 Å². The second-order valence-electron chi connectivity index (χ2n) is 7.08. The van der Waals surface area contributed by atoms with Gasteiger partial charge in [-0.2, -0.15) is 0 Å². The molecule has 2 aliphatic rings. The molecule has 5 heteroatoms. The normalized spacial score (nSPS) is 26.5. The van der Waals surface area contributed by atoms with Crippen molar-refractivity contribution in [2.45, 2.75) is 63.3 Å². The number of rotatable bonds is 5. The summed E-state index contributed by atoms with van der Waals surface area (Å²) in [5.74, 6) is -0.0176. The van der Waals surface area contributed by atoms with Crippen molar-refractivity contribution in [3.8, 4) is 5.75 Å². The molecule has 2 atom stereocenters. The van der Waals surface area contributed by atoms with Crippen LogP contribution in [0, 0.1) is 5.82 Å². The molecule has 0 spiro atoms. The third kappa shape index (κ3) is 4.26. The van der Waals surface area contributed by atoms with E-state index in [1.165, 1.54) is 19.6 Å². The van der Waals surface area contributed by atoms with Crippen molar-refractivity contribution in [1.82, 2.24) is 10.2 Å². The molecule has 0 aromatic heterocycles. The Labute approximate surface area is 144 Å². The standard InChI is InChI=1S/C19H29FN2O2/c1-24-19-12-14(6-7-16(19)20)13-21-15-8-10-22(11-9-15)17-4-2-3-5-18(17)23/h6-7,12,15,17-18,21,23H,2-5,8-11,13H2,1H3/t17-,18+/m1/s1. The van der Waals surface area contributed by atoms with Gasteiger partial charge in [-0.3, -0.25) is 4.90 Å². The average molecular weight is 336 g/mol. The number of nitrogens with one attached hydrogen (secondary N) is 1. The number of halogens is 1. The minimum atomic E-state index is -0.319. The summed E-state index contributed by atoms with van der Waals surface area (Å²) < 4.78 is 18.5. The minimum absolute atomic E-state index is 0.144.